The standard InChI is InChI=1S/C16H19N3O6S/c1-4-9-18-26(23,24)13-8-6-7-12(10-13)15(21)25-11(3)14(20)19-16(22)17-5-2/h1,6-8,10-11,18H,5,9H2,2-3H3,(H2,17,19,20,22). The van der Waals surface area contributed by atoms with Crippen molar-refractivity contribution in [3.05, 3.63) is 29.8 Å². The number of benzene rings is 1. The molecule has 1 aromatic carbocycles. The number of hydrogen-bond donors (Lipinski definition) is 3. The minimum atomic E-state index is -3.88. The molecule has 26 heavy (non-hydrogen) atoms. The highest BCUT2D eigenvalue weighted by atomic mass is 32.2. The zero-order valence-electron chi connectivity index (χ0n) is 14.2. The first-order valence-corrected chi connectivity index (χ1v) is 9.02. The highest BCUT2D eigenvalue weighted by Gasteiger charge is 2.22. The van der Waals surface area contributed by atoms with Crippen molar-refractivity contribution >= 4 is 27.9 Å². The van der Waals surface area contributed by atoms with E-state index in [1.54, 1.807) is 6.92 Å². The van der Waals surface area contributed by atoms with E-state index in [4.69, 9.17) is 11.2 Å². The molecule has 0 fully saturated rings. The molecule has 0 radical (unpaired) electrons. The second-order valence-corrected chi connectivity index (χ2v) is 6.72. The van der Waals surface area contributed by atoms with Crippen molar-refractivity contribution in [1.82, 2.24) is 15.4 Å². The topological polar surface area (TPSA) is 131 Å². The summed E-state index contributed by atoms with van der Waals surface area (Å²) < 4.78 is 31.1. The van der Waals surface area contributed by atoms with Crippen LogP contribution in [0.1, 0.15) is 24.2 Å². The third-order valence-corrected chi connectivity index (χ3v) is 4.37. The lowest BCUT2D eigenvalue weighted by Gasteiger charge is -2.13. The van der Waals surface area contributed by atoms with E-state index in [0.717, 1.165) is 6.07 Å². The van der Waals surface area contributed by atoms with E-state index in [9.17, 15) is 22.8 Å². The monoisotopic (exact) mass is 381 g/mol. The first-order valence-electron chi connectivity index (χ1n) is 7.54. The Balaban J connectivity index is 2.82. The van der Waals surface area contributed by atoms with Gasteiger partial charge in [0.1, 0.15) is 0 Å². The van der Waals surface area contributed by atoms with E-state index in [1.165, 1.54) is 25.1 Å². The average molecular weight is 381 g/mol. The normalized spacial score (nSPS) is 11.7. The number of nitrogens with one attached hydrogen (secondary N) is 3. The fraction of sp³-hybridized carbons (Fsp3) is 0.312. The predicted molar refractivity (Wildman–Crippen MR) is 92.6 cm³/mol. The van der Waals surface area contributed by atoms with Gasteiger partial charge in [0, 0.05) is 6.54 Å². The van der Waals surface area contributed by atoms with Crippen LogP contribution < -0.4 is 15.4 Å². The van der Waals surface area contributed by atoms with Gasteiger partial charge in [-0.15, -0.1) is 6.42 Å². The molecule has 3 amide bonds. The van der Waals surface area contributed by atoms with Gasteiger partial charge in [-0.05, 0) is 32.0 Å². The molecule has 1 atom stereocenters. The van der Waals surface area contributed by atoms with Crippen molar-refractivity contribution in [2.24, 2.45) is 0 Å². The van der Waals surface area contributed by atoms with Crippen LogP contribution in [-0.4, -0.2) is 45.5 Å². The third-order valence-electron chi connectivity index (χ3n) is 2.97. The van der Waals surface area contributed by atoms with E-state index >= 15 is 0 Å². The molecule has 9 nitrogen and oxygen atoms in total. The van der Waals surface area contributed by atoms with Gasteiger partial charge in [0.15, 0.2) is 6.10 Å². The second-order valence-electron chi connectivity index (χ2n) is 4.95. The number of carbonyl (C=O) groups excluding carboxylic acids is 3. The van der Waals surface area contributed by atoms with Crippen molar-refractivity contribution in [3.8, 4) is 12.3 Å². The summed E-state index contributed by atoms with van der Waals surface area (Å²) in [5.41, 5.74) is -0.0776. The Labute approximate surface area is 151 Å². The summed E-state index contributed by atoms with van der Waals surface area (Å²) in [5.74, 6) is 0.400. The van der Waals surface area contributed by atoms with Crippen molar-refractivity contribution in [3.63, 3.8) is 0 Å². The van der Waals surface area contributed by atoms with Crippen LogP contribution in [-0.2, 0) is 19.6 Å². The Morgan fingerprint density at radius 1 is 1.31 bits per heavy atom. The Morgan fingerprint density at radius 2 is 2.00 bits per heavy atom. The molecule has 0 aliphatic carbocycles. The van der Waals surface area contributed by atoms with Crippen LogP contribution in [0.2, 0.25) is 0 Å². The van der Waals surface area contributed by atoms with Crippen molar-refractivity contribution in [2.45, 2.75) is 24.8 Å². The molecule has 0 aliphatic heterocycles. The summed E-state index contributed by atoms with van der Waals surface area (Å²) in [7, 11) is -3.88. The van der Waals surface area contributed by atoms with Gasteiger partial charge in [-0.2, -0.15) is 4.72 Å². The third kappa shape index (κ3) is 6.19. The lowest BCUT2D eigenvalue weighted by Crippen LogP contribution is -2.44. The summed E-state index contributed by atoms with van der Waals surface area (Å²) in [5, 5.41) is 4.36. The molecule has 1 unspecified atom stereocenters. The van der Waals surface area contributed by atoms with Gasteiger partial charge in [0.25, 0.3) is 5.91 Å². The quantitative estimate of drug-likeness (QED) is 0.450. The van der Waals surface area contributed by atoms with Gasteiger partial charge in [0.05, 0.1) is 17.0 Å². The minimum Gasteiger partial charge on any atom is -0.449 e. The smallest absolute Gasteiger partial charge is 0.338 e. The molecule has 0 saturated carbocycles. The van der Waals surface area contributed by atoms with Crippen molar-refractivity contribution in [2.75, 3.05) is 13.1 Å². The summed E-state index contributed by atoms with van der Waals surface area (Å²) in [6, 6.07) is 4.33. The highest BCUT2D eigenvalue weighted by Crippen LogP contribution is 2.13. The first kappa shape index (κ1) is 21.1. The maximum absolute atomic E-state index is 12.1. The fourth-order valence-electron chi connectivity index (χ4n) is 1.71. The molecule has 140 valence electrons. The highest BCUT2D eigenvalue weighted by molar-refractivity contribution is 7.89. The molecule has 0 aromatic heterocycles. The van der Waals surface area contributed by atoms with Crippen LogP contribution in [0.15, 0.2) is 29.2 Å². The minimum absolute atomic E-state index is 0.0776. The van der Waals surface area contributed by atoms with Gasteiger partial charge >= 0.3 is 12.0 Å². The van der Waals surface area contributed by atoms with E-state index < -0.39 is 34.0 Å². The number of ether oxygens (including phenoxy) is 1. The number of sulfonamides is 1. The Kier molecular flexibility index (Phi) is 7.77. The van der Waals surface area contributed by atoms with E-state index in [1.807, 2.05) is 5.32 Å². The molecule has 1 aromatic rings. The zero-order valence-corrected chi connectivity index (χ0v) is 15.1. The largest absolute Gasteiger partial charge is 0.449 e. The van der Waals surface area contributed by atoms with E-state index in [2.05, 4.69) is 16.0 Å². The van der Waals surface area contributed by atoms with Crippen LogP contribution in [0.5, 0.6) is 0 Å². The number of amides is 3. The molecule has 0 saturated heterocycles. The van der Waals surface area contributed by atoms with E-state index in [0.29, 0.717) is 6.54 Å². The van der Waals surface area contributed by atoms with Crippen LogP contribution >= 0.6 is 0 Å². The van der Waals surface area contributed by atoms with Crippen LogP contribution in [0, 0.1) is 12.3 Å². The fourth-order valence-corrected chi connectivity index (χ4v) is 2.69. The van der Waals surface area contributed by atoms with Gasteiger partial charge in [-0.3, -0.25) is 10.1 Å². The SMILES string of the molecule is C#CCNS(=O)(=O)c1cccc(C(=O)OC(C)C(=O)NC(=O)NCC)c1. The lowest BCUT2D eigenvalue weighted by molar-refractivity contribution is -0.127. The second kappa shape index (κ2) is 9.55. The van der Waals surface area contributed by atoms with Gasteiger partial charge < -0.3 is 10.1 Å². The number of esters is 1. The average Bonchev–Trinajstić information content (AvgIpc) is 2.60. The van der Waals surface area contributed by atoms with Gasteiger partial charge in [-0.25, -0.2) is 18.0 Å². The summed E-state index contributed by atoms with van der Waals surface area (Å²) in [6.07, 6.45) is 3.75. The first-order chi connectivity index (χ1) is 12.2. The number of terminal acetylenes is 1. The lowest BCUT2D eigenvalue weighted by atomic mass is 10.2. The molecule has 10 heteroatoms. The maximum Gasteiger partial charge on any atom is 0.338 e. The van der Waals surface area contributed by atoms with Crippen LogP contribution in [0.4, 0.5) is 4.79 Å². The van der Waals surface area contributed by atoms with Gasteiger partial charge in [0.2, 0.25) is 10.0 Å². The van der Waals surface area contributed by atoms with Crippen LogP contribution in [0.25, 0.3) is 0 Å². The Morgan fingerprint density at radius 3 is 2.62 bits per heavy atom. The molecular weight excluding hydrogens is 362 g/mol. The Bertz CT molecular complexity index is 829. The summed E-state index contributed by atoms with van der Waals surface area (Å²) in [6.45, 7) is 3.07. The molecular formula is C16H19N3O6S. The molecule has 0 aliphatic rings. The van der Waals surface area contributed by atoms with Crippen LogP contribution in [0.3, 0.4) is 0 Å². The van der Waals surface area contributed by atoms with Gasteiger partial charge in [-0.1, -0.05) is 12.0 Å². The van der Waals surface area contributed by atoms with Crippen molar-refractivity contribution < 1.29 is 27.5 Å². The van der Waals surface area contributed by atoms with E-state index in [-0.39, 0.29) is 17.0 Å². The molecule has 3 N–H and O–H groups in total. The number of hydrogen-bond acceptors (Lipinski definition) is 6. The predicted octanol–water partition coefficient (Wildman–Crippen LogP) is -0.0109. The molecule has 0 spiro atoms. The maximum atomic E-state index is 12.1. The zero-order chi connectivity index (χ0) is 19.7. The number of carbonyl (C=O) groups is 3. The number of rotatable bonds is 7. The Hall–Kier alpha value is -2.90. The molecule has 1 rings (SSSR count). The van der Waals surface area contributed by atoms with Crippen molar-refractivity contribution in [1.29, 1.82) is 0 Å². The summed E-state index contributed by atoms with van der Waals surface area (Å²) >= 11 is 0. The molecule has 0 heterocycles. The summed E-state index contributed by atoms with van der Waals surface area (Å²) in [4.78, 5) is 35.0. The number of urea groups is 1. The number of imide groups is 1. The molecule has 0 bridgehead atoms.